The molecule has 3 rings (SSSR count). The lowest BCUT2D eigenvalue weighted by Gasteiger charge is -2.15. The number of nitrogen functional groups attached to an aromatic ring is 1. The molecule has 96 valence electrons. The predicted molar refractivity (Wildman–Crippen MR) is 77.2 cm³/mol. The van der Waals surface area contributed by atoms with Crippen LogP contribution in [0.3, 0.4) is 0 Å². The Morgan fingerprint density at radius 3 is 2.79 bits per heavy atom. The number of imidazole rings is 1. The fourth-order valence-corrected chi connectivity index (χ4v) is 2.53. The first-order valence-corrected chi connectivity index (χ1v) is 6.39. The number of para-hydroxylation sites is 1. The van der Waals surface area contributed by atoms with Crippen molar-refractivity contribution in [1.29, 1.82) is 0 Å². The third-order valence-corrected chi connectivity index (χ3v) is 3.50. The summed E-state index contributed by atoms with van der Waals surface area (Å²) < 4.78 is 1.92. The van der Waals surface area contributed by atoms with Gasteiger partial charge in [-0.3, -0.25) is 4.98 Å². The Kier molecular flexibility index (Phi) is 2.87. The molecule has 0 aliphatic heterocycles. The van der Waals surface area contributed by atoms with Crippen LogP contribution in [0.5, 0.6) is 0 Å². The van der Waals surface area contributed by atoms with E-state index in [-0.39, 0.29) is 6.04 Å². The van der Waals surface area contributed by atoms with Crippen molar-refractivity contribution in [3.63, 3.8) is 0 Å². The van der Waals surface area contributed by atoms with E-state index in [1.807, 2.05) is 47.9 Å². The third-order valence-electron chi connectivity index (χ3n) is 3.19. The van der Waals surface area contributed by atoms with Gasteiger partial charge < -0.3 is 10.3 Å². The van der Waals surface area contributed by atoms with Crippen LogP contribution in [0.2, 0.25) is 5.02 Å². The minimum atomic E-state index is -0.0221. The first-order valence-electron chi connectivity index (χ1n) is 6.01. The second-order valence-electron chi connectivity index (χ2n) is 4.38. The number of nitrogens with zero attached hydrogens (tertiary/aromatic N) is 3. The molecule has 2 heterocycles. The summed E-state index contributed by atoms with van der Waals surface area (Å²) in [6, 6.07) is 11.4. The van der Waals surface area contributed by atoms with Crippen molar-refractivity contribution in [2.45, 2.75) is 13.0 Å². The van der Waals surface area contributed by atoms with Crippen LogP contribution in [-0.4, -0.2) is 14.5 Å². The van der Waals surface area contributed by atoms with Crippen molar-refractivity contribution in [2.75, 3.05) is 5.73 Å². The molecule has 0 radical (unpaired) electrons. The maximum absolute atomic E-state index is 6.27. The van der Waals surface area contributed by atoms with E-state index in [4.69, 9.17) is 17.3 Å². The van der Waals surface area contributed by atoms with Crippen LogP contribution in [0.1, 0.15) is 18.7 Å². The van der Waals surface area contributed by atoms with Crippen LogP contribution in [0.25, 0.3) is 11.0 Å². The molecule has 19 heavy (non-hydrogen) atoms. The Hall–Kier alpha value is -2.07. The minimum absolute atomic E-state index is 0.0221. The highest BCUT2D eigenvalue weighted by molar-refractivity contribution is 6.35. The van der Waals surface area contributed by atoms with E-state index in [0.29, 0.717) is 11.0 Å². The van der Waals surface area contributed by atoms with Gasteiger partial charge in [-0.15, -0.1) is 0 Å². The smallest absolute Gasteiger partial charge is 0.201 e. The molecule has 2 N–H and O–H groups in total. The Balaban J connectivity index is 2.23. The molecule has 0 saturated heterocycles. The number of aromatic nitrogens is 3. The van der Waals surface area contributed by atoms with E-state index in [1.54, 1.807) is 6.20 Å². The Labute approximate surface area is 115 Å². The standard InChI is InChI=1S/C14H13ClN4/c1-9(11-6-2-3-8-17-11)19-13-10(15)5-4-7-12(13)18-14(19)16/h2-9H,1H3,(H2,16,18). The molecule has 0 bridgehead atoms. The average molecular weight is 273 g/mol. The van der Waals surface area contributed by atoms with Crippen molar-refractivity contribution in [1.82, 2.24) is 14.5 Å². The second-order valence-corrected chi connectivity index (χ2v) is 4.79. The van der Waals surface area contributed by atoms with Crippen molar-refractivity contribution < 1.29 is 0 Å². The number of nitrogens with two attached hydrogens (primary N) is 1. The van der Waals surface area contributed by atoms with E-state index in [1.165, 1.54) is 0 Å². The summed E-state index contributed by atoms with van der Waals surface area (Å²) in [5.74, 6) is 0.446. The summed E-state index contributed by atoms with van der Waals surface area (Å²) in [4.78, 5) is 8.71. The maximum Gasteiger partial charge on any atom is 0.201 e. The van der Waals surface area contributed by atoms with Crippen LogP contribution in [0.15, 0.2) is 42.6 Å². The van der Waals surface area contributed by atoms with E-state index in [9.17, 15) is 0 Å². The molecule has 4 nitrogen and oxygen atoms in total. The highest BCUT2D eigenvalue weighted by atomic mass is 35.5. The predicted octanol–water partition coefficient (Wildman–Crippen LogP) is 3.28. The first kappa shape index (κ1) is 12.0. The number of benzene rings is 1. The highest BCUT2D eigenvalue weighted by Gasteiger charge is 2.18. The van der Waals surface area contributed by atoms with Crippen molar-refractivity contribution in [2.24, 2.45) is 0 Å². The number of halogens is 1. The van der Waals surface area contributed by atoms with Crippen molar-refractivity contribution >= 4 is 28.6 Å². The van der Waals surface area contributed by atoms with E-state index >= 15 is 0 Å². The van der Waals surface area contributed by atoms with Crippen LogP contribution < -0.4 is 5.73 Å². The molecule has 5 heteroatoms. The van der Waals surface area contributed by atoms with Gasteiger partial charge in [0.15, 0.2) is 0 Å². The number of pyridine rings is 1. The summed E-state index contributed by atoms with van der Waals surface area (Å²) in [7, 11) is 0. The molecular weight excluding hydrogens is 260 g/mol. The number of hydrogen-bond acceptors (Lipinski definition) is 3. The minimum Gasteiger partial charge on any atom is -0.369 e. The lowest BCUT2D eigenvalue weighted by atomic mass is 10.2. The van der Waals surface area contributed by atoms with Crippen molar-refractivity contribution in [3.05, 3.63) is 53.3 Å². The molecule has 0 aliphatic carbocycles. The molecule has 1 aromatic carbocycles. The van der Waals surface area contributed by atoms with Crippen LogP contribution in [-0.2, 0) is 0 Å². The van der Waals surface area contributed by atoms with Gasteiger partial charge in [-0.1, -0.05) is 23.7 Å². The van der Waals surface area contributed by atoms with Gasteiger partial charge in [-0.05, 0) is 31.2 Å². The zero-order chi connectivity index (χ0) is 13.4. The molecule has 0 amide bonds. The SMILES string of the molecule is CC(c1ccccn1)n1c(N)nc2cccc(Cl)c21. The molecular formula is C14H13ClN4. The van der Waals surface area contributed by atoms with E-state index in [2.05, 4.69) is 9.97 Å². The molecule has 0 aliphatic rings. The van der Waals surface area contributed by atoms with E-state index < -0.39 is 0 Å². The lowest BCUT2D eigenvalue weighted by molar-refractivity contribution is 0.647. The molecule has 3 aromatic rings. The van der Waals surface area contributed by atoms with Gasteiger partial charge in [0, 0.05) is 6.20 Å². The zero-order valence-corrected chi connectivity index (χ0v) is 11.2. The monoisotopic (exact) mass is 272 g/mol. The summed E-state index contributed by atoms with van der Waals surface area (Å²) in [5, 5.41) is 0.643. The van der Waals surface area contributed by atoms with Gasteiger partial charge >= 0.3 is 0 Å². The summed E-state index contributed by atoms with van der Waals surface area (Å²) in [5.41, 5.74) is 8.60. The van der Waals surface area contributed by atoms with Crippen LogP contribution >= 0.6 is 11.6 Å². The molecule has 0 saturated carbocycles. The zero-order valence-electron chi connectivity index (χ0n) is 10.4. The Morgan fingerprint density at radius 1 is 1.21 bits per heavy atom. The third kappa shape index (κ3) is 1.94. The van der Waals surface area contributed by atoms with Gasteiger partial charge in [0.2, 0.25) is 5.95 Å². The highest BCUT2D eigenvalue weighted by Crippen LogP contribution is 2.30. The number of rotatable bonds is 2. The normalized spacial score (nSPS) is 12.7. The van der Waals surface area contributed by atoms with Gasteiger partial charge in [-0.2, -0.15) is 0 Å². The summed E-state index contributed by atoms with van der Waals surface area (Å²) in [6.07, 6.45) is 1.77. The van der Waals surface area contributed by atoms with Crippen LogP contribution in [0.4, 0.5) is 5.95 Å². The number of hydrogen-bond donors (Lipinski definition) is 1. The van der Waals surface area contributed by atoms with Crippen LogP contribution in [0, 0.1) is 0 Å². The average Bonchev–Trinajstić information content (AvgIpc) is 2.76. The lowest BCUT2D eigenvalue weighted by Crippen LogP contribution is -2.11. The maximum atomic E-state index is 6.27. The Morgan fingerprint density at radius 2 is 2.05 bits per heavy atom. The van der Waals surface area contributed by atoms with Crippen molar-refractivity contribution in [3.8, 4) is 0 Å². The molecule has 0 fully saturated rings. The Bertz CT molecular complexity index is 721. The van der Waals surface area contributed by atoms with E-state index in [0.717, 1.165) is 16.7 Å². The van der Waals surface area contributed by atoms with Gasteiger partial charge in [-0.25, -0.2) is 4.98 Å². The topological polar surface area (TPSA) is 56.7 Å². The summed E-state index contributed by atoms with van der Waals surface area (Å²) in [6.45, 7) is 2.03. The van der Waals surface area contributed by atoms with Gasteiger partial charge in [0.25, 0.3) is 0 Å². The quantitative estimate of drug-likeness (QED) is 0.779. The van der Waals surface area contributed by atoms with Gasteiger partial charge in [0.05, 0.1) is 27.8 Å². The van der Waals surface area contributed by atoms with Gasteiger partial charge in [0.1, 0.15) is 0 Å². The molecule has 1 unspecified atom stereocenters. The fraction of sp³-hybridized carbons (Fsp3) is 0.143. The number of fused-ring (bicyclic) bond motifs is 1. The molecule has 0 spiro atoms. The summed E-state index contributed by atoms with van der Waals surface area (Å²) >= 11 is 6.27. The largest absolute Gasteiger partial charge is 0.369 e. The molecule has 1 atom stereocenters. The molecule has 2 aromatic heterocycles. The second kappa shape index (κ2) is 4.55. The number of anilines is 1. The fourth-order valence-electron chi connectivity index (χ4n) is 2.27. The first-order chi connectivity index (χ1) is 9.18.